The first-order valence-corrected chi connectivity index (χ1v) is 10.4. The van der Waals surface area contributed by atoms with E-state index < -0.39 is 10.8 Å². The van der Waals surface area contributed by atoms with E-state index in [9.17, 15) is 19.7 Å². The Bertz CT molecular complexity index is 1220. The van der Waals surface area contributed by atoms with Gasteiger partial charge in [0.1, 0.15) is 0 Å². The number of primary amides is 1. The summed E-state index contributed by atoms with van der Waals surface area (Å²) in [6.45, 7) is 3.02. The molecule has 2 aromatic carbocycles. The zero-order chi connectivity index (χ0) is 23.5. The number of nitro groups is 1. The van der Waals surface area contributed by atoms with E-state index in [0.29, 0.717) is 23.6 Å². The van der Waals surface area contributed by atoms with Gasteiger partial charge in [-0.2, -0.15) is 0 Å². The van der Waals surface area contributed by atoms with Gasteiger partial charge >= 0.3 is 0 Å². The lowest BCUT2D eigenvalue weighted by molar-refractivity contribution is -0.384. The minimum atomic E-state index is -0.496. The Labute approximate surface area is 189 Å². The molecule has 2 amide bonds. The van der Waals surface area contributed by atoms with E-state index in [2.05, 4.69) is 15.6 Å². The molecular weight excluding hydrogens is 426 g/mol. The molecule has 4 rings (SSSR count). The van der Waals surface area contributed by atoms with Crippen molar-refractivity contribution in [2.75, 3.05) is 11.9 Å². The molecule has 1 aliphatic heterocycles. The van der Waals surface area contributed by atoms with Crippen molar-refractivity contribution in [3.05, 3.63) is 75.6 Å². The fourth-order valence-corrected chi connectivity index (χ4v) is 4.03. The van der Waals surface area contributed by atoms with Crippen molar-refractivity contribution in [2.24, 2.45) is 5.73 Å². The number of carbonyl (C=O) groups is 2. The number of nitrogens with one attached hydrogen (secondary N) is 1. The molecule has 0 radical (unpaired) electrons. The summed E-state index contributed by atoms with van der Waals surface area (Å²) in [5, 5.41) is 21.8. The maximum atomic E-state index is 12.8. The number of non-ortho nitro benzene ring substituents is 1. The molecule has 0 bridgehead atoms. The third kappa shape index (κ3) is 4.72. The van der Waals surface area contributed by atoms with Crippen LogP contribution in [0.15, 0.2) is 48.5 Å². The predicted octanol–water partition coefficient (Wildman–Crippen LogP) is 2.19. The summed E-state index contributed by atoms with van der Waals surface area (Å²) in [7, 11) is 0. The van der Waals surface area contributed by atoms with Gasteiger partial charge in [0.05, 0.1) is 22.3 Å². The Kier molecular flexibility index (Phi) is 6.13. The first-order chi connectivity index (χ1) is 15.8. The SMILES string of the molecule is Cc1c(C(=O)Nc2cccc(CN3CCCC3C(N)=O)c2)nnn1-c1cccc([N+](=O)[O-])c1. The first kappa shape index (κ1) is 22.1. The summed E-state index contributed by atoms with van der Waals surface area (Å²) in [6, 6.07) is 13.0. The second-order valence-electron chi connectivity index (χ2n) is 7.90. The number of hydrogen-bond acceptors (Lipinski definition) is 7. The van der Waals surface area contributed by atoms with E-state index in [1.807, 2.05) is 23.1 Å². The molecule has 1 fully saturated rings. The summed E-state index contributed by atoms with van der Waals surface area (Å²) >= 11 is 0. The minimum Gasteiger partial charge on any atom is -0.368 e. The average Bonchev–Trinajstić information content (AvgIpc) is 3.40. The molecule has 11 heteroatoms. The van der Waals surface area contributed by atoms with Gasteiger partial charge in [0.15, 0.2) is 5.69 Å². The molecule has 1 atom stereocenters. The third-order valence-electron chi connectivity index (χ3n) is 5.66. The van der Waals surface area contributed by atoms with Crippen LogP contribution in [0.5, 0.6) is 0 Å². The number of likely N-dealkylation sites (tertiary alicyclic amines) is 1. The van der Waals surface area contributed by atoms with Gasteiger partial charge in [0.25, 0.3) is 11.6 Å². The standard InChI is InChI=1S/C22H23N7O4/c1-14-20(25-26-28(14)17-7-3-8-18(12-17)29(32)33)22(31)24-16-6-2-5-15(11-16)13-27-10-4-9-19(27)21(23)30/h2-3,5-8,11-12,19H,4,9-10,13H2,1H3,(H2,23,30)(H,24,31). The van der Waals surface area contributed by atoms with Crippen LogP contribution in [0, 0.1) is 17.0 Å². The number of anilines is 1. The highest BCUT2D eigenvalue weighted by molar-refractivity contribution is 6.03. The maximum Gasteiger partial charge on any atom is 0.278 e. The number of nitrogens with zero attached hydrogens (tertiary/aromatic N) is 5. The first-order valence-electron chi connectivity index (χ1n) is 10.4. The highest BCUT2D eigenvalue weighted by atomic mass is 16.6. The van der Waals surface area contributed by atoms with E-state index in [4.69, 9.17) is 5.73 Å². The van der Waals surface area contributed by atoms with Crippen LogP contribution in [0.2, 0.25) is 0 Å². The van der Waals surface area contributed by atoms with Crippen LogP contribution in [-0.4, -0.2) is 49.2 Å². The number of nitro benzene ring substituents is 1. The van der Waals surface area contributed by atoms with Crippen molar-refractivity contribution < 1.29 is 14.5 Å². The van der Waals surface area contributed by atoms with Crippen molar-refractivity contribution in [2.45, 2.75) is 32.4 Å². The van der Waals surface area contributed by atoms with E-state index >= 15 is 0 Å². The largest absolute Gasteiger partial charge is 0.368 e. The van der Waals surface area contributed by atoms with Crippen LogP contribution in [0.3, 0.4) is 0 Å². The van der Waals surface area contributed by atoms with Gasteiger partial charge in [-0.25, -0.2) is 4.68 Å². The van der Waals surface area contributed by atoms with Crippen LogP contribution in [0.4, 0.5) is 11.4 Å². The summed E-state index contributed by atoms with van der Waals surface area (Å²) in [5.41, 5.74) is 7.93. The van der Waals surface area contributed by atoms with Gasteiger partial charge in [-0.1, -0.05) is 23.4 Å². The van der Waals surface area contributed by atoms with Crippen LogP contribution < -0.4 is 11.1 Å². The lowest BCUT2D eigenvalue weighted by atomic mass is 10.1. The zero-order valence-electron chi connectivity index (χ0n) is 18.0. The van der Waals surface area contributed by atoms with Gasteiger partial charge in [-0.05, 0) is 50.1 Å². The molecule has 11 nitrogen and oxygen atoms in total. The third-order valence-corrected chi connectivity index (χ3v) is 5.66. The summed E-state index contributed by atoms with van der Waals surface area (Å²) in [6.07, 6.45) is 1.68. The highest BCUT2D eigenvalue weighted by Gasteiger charge is 2.28. The number of nitrogens with two attached hydrogens (primary N) is 1. The molecule has 170 valence electrons. The zero-order valence-corrected chi connectivity index (χ0v) is 18.0. The Morgan fingerprint density at radius 1 is 1.24 bits per heavy atom. The number of benzene rings is 2. The molecule has 1 unspecified atom stereocenters. The molecule has 0 spiro atoms. The molecule has 1 aliphatic rings. The van der Waals surface area contributed by atoms with Crippen LogP contribution in [-0.2, 0) is 11.3 Å². The number of carbonyl (C=O) groups excluding carboxylic acids is 2. The maximum absolute atomic E-state index is 12.8. The van der Waals surface area contributed by atoms with Crippen molar-refractivity contribution in [1.82, 2.24) is 19.9 Å². The molecule has 0 saturated carbocycles. The Balaban J connectivity index is 1.49. The Morgan fingerprint density at radius 3 is 2.79 bits per heavy atom. The molecule has 33 heavy (non-hydrogen) atoms. The van der Waals surface area contributed by atoms with Crippen molar-refractivity contribution in [3.63, 3.8) is 0 Å². The van der Waals surface area contributed by atoms with E-state index in [-0.39, 0.29) is 23.3 Å². The van der Waals surface area contributed by atoms with Crippen molar-refractivity contribution >= 4 is 23.2 Å². The predicted molar refractivity (Wildman–Crippen MR) is 120 cm³/mol. The lowest BCUT2D eigenvalue weighted by Crippen LogP contribution is -2.39. The fraction of sp³-hybridized carbons (Fsp3) is 0.273. The van der Waals surface area contributed by atoms with Gasteiger partial charge < -0.3 is 11.1 Å². The quantitative estimate of drug-likeness (QED) is 0.415. The van der Waals surface area contributed by atoms with E-state index in [1.165, 1.54) is 16.8 Å². The number of amides is 2. The topological polar surface area (TPSA) is 149 Å². The number of hydrogen-bond donors (Lipinski definition) is 2. The van der Waals surface area contributed by atoms with Crippen molar-refractivity contribution in [1.29, 1.82) is 0 Å². The van der Waals surface area contributed by atoms with Crippen LogP contribution in [0.1, 0.15) is 34.6 Å². The van der Waals surface area contributed by atoms with Crippen LogP contribution in [0.25, 0.3) is 5.69 Å². The minimum absolute atomic E-state index is 0.0817. The molecule has 3 aromatic rings. The monoisotopic (exact) mass is 449 g/mol. The van der Waals surface area contributed by atoms with E-state index in [1.54, 1.807) is 25.1 Å². The molecule has 0 aliphatic carbocycles. The second-order valence-corrected chi connectivity index (χ2v) is 7.90. The average molecular weight is 449 g/mol. The van der Waals surface area contributed by atoms with Gasteiger partial charge in [-0.15, -0.1) is 5.10 Å². The lowest BCUT2D eigenvalue weighted by Gasteiger charge is -2.22. The van der Waals surface area contributed by atoms with E-state index in [0.717, 1.165) is 24.9 Å². The fourth-order valence-electron chi connectivity index (χ4n) is 4.03. The van der Waals surface area contributed by atoms with Gasteiger partial charge in [-0.3, -0.25) is 24.6 Å². The molecule has 1 aromatic heterocycles. The second kappa shape index (κ2) is 9.17. The Hall–Kier alpha value is -4.12. The summed E-state index contributed by atoms with van der Waals surface area (Å²) in [5.74, 6) is -0.767. The molecule has 2 heterocycles. The van der Waals surface area contributed by atoms with Crippen LogP contribution >= 0.6 is 0 Å². The van der Waals surface area contributed by atoms with Crippen molar-refractivity contribution in [3.8, 4) is 5.69 Å². The summed E-state index contributed by atoms with van der Waals surface area (Å²) < 4.78 is 1.38. The molecule has 1 saturated heterocycles. The highest BCUT2D eigenvalue weighted by Crippen LogP contribution is 2.22. The number of aromatic nitrogens is 3. The number of rotatable bonds is 7. The normalized spacial score (nSPS) is 16.0. The summed E-state index contributed by atoms with van der Waals surface area (Å²) in [4.78, 5) is 37.1. The Morgan fingerprint density at radius 2 is 2.03 bits per heavy atom. The smallest absolute Gasteiger partial charge is 0.278 e. The molecular formula is C22H23N7O4. The molecule has 3 N–H and O–H groups in total. The van der Waals surface area contributed by atoms with Gasteiger partial charge in [0.2, 0.25) is 5.91 Å². The van der Waals surface area contributed by atoms with Gasteiger partial charge in [0, 0.05) is 24.4 Å².